The lowest BCUT2D eigenvalue weighted by molar-refractivity contribution is 0.0669. The molecule has 71 valence electrons. The van der Waals surface area contributed by atoms with Gasteiger partial charge in [0.1, 0.15) is 17.6 Å². The van der Waals surface area contributed by atoms with Crippen molar-refractivity contribution in [2.75, 3.05) is 6.54 Å². The highest BCUT2D eigenvalue weighted by Gasteiger charge is 2.48. The van der Waals surface area contributed by atoms with Crippen molar-refractivity contribution in [2.45, 2.75) is 65.0 Å². The molecule has 1 aliphatic rings. The van der Waals surface area contributed by atoms with Gasteiger partial charge in [-0.05, 0) is 41.0 Å². The van der Waals surface area contributed by atoms with Crippen LogP contribution < -0.4 is 4.90 Å². The van der Waals surface area contributed by atoms with Gasteiger partial charge in [0.05, 0.1) is 0 Å². The molecule has 0 amide bonds. The summed E-state index contributed by atoms with van der Waals surface area (Å²) in [5.74, 6) is 0. The van der Waals surface area contributed by atoms with Crippen molar-refractivity contribution in [2.24, 2.45) is 0 Å². The Balaban J connectivity index is 2.81. The van der Waals surface area contributed by atoms with Gasteiger partial charge < -0.3 is 0 Å². The van der Waals surface area contributed by atoms with Gasteiger partial charge in [-0.25, -0.2) is 0 Å². The van der Waals surface area contributed by atoms with Crippen LogP contribution in [-0.4, -0.2) is 17.6 Å². The van der Waals surface area contributed by atoms with Gasteiger partial charge in [-0.15, -0.1) is 0 Å². The number of rotatable bonds is 1. The molecule has 0 spiro atoms. The minimum absolute atomic E-state index is 0.413. The van der Waals surface area contributed by atoms with Crippen LogP contribution in [-0.2, 0) is 0 Å². The van der Waals surface area contributed by atoms with E-state index in [0.717, 1.165) is 0 Å². The Morgan fingerprint density at radius 2 is 1.42 bits per heavy atom. The number of likely N-dealkylation sites (tertiary alicyclic amines) is 1. The Morgan fingerprint density at radius 3 is 1.67 bits per heavy atom. The molecular weight excluding hydrogens is 146 g/mol. The van der Waals surface area contributed by atoms with E-state index in [1.165, 1.54) is 25.8 Å². The van der Waals surface area contributed by atoms with Crippen LogP contribution in [0.3, 0.4) is 0 Å². The monoisotopic (exact) mass is 169 g/mol. The first kappa shape index (κ1) is 10.0. The predicted molar refractivity (Wildman–Crippen MR) is 54.7 cm³/mol. The van der Waals surface area contributed by atoms with Gasteiger partial charge in [-0.3, -0.25) is 0 Å². The van der Waals surface area contributed by atoms with Crippen molar-refractivity contribution in [3.8, 4) is 0 Å². The molecule has 1 saturated heterocycles. The summed E-state index contributed by atoms with van der Waals surface area (Å²) < 4.78 is 0. The van der Waals surface area contributed by atoms with Crippen LogP contribution in [0.2, 0.25) is 0 Å². The van der Waals surface area contributed by atoms with Gasteiger partial charge in [0.2, 0.25) is 0 Å². The SMILES string of the molecule is CC[N+]1C(C)(C)CCCC1(C)C. The molecule has 1 radical (unpaired) electrons. The molecule has 0 aromatic heterocycles. The fourth-order valence-corrected chi connectivity index (χ4v) is 2.90. The minimum atomic E-state index is 0.413. The molecular formula is C11H23N+. The normalized spacial score (nSPS) is 28.8. The average molecular weight is 169 g/mol. The van der Waals surface area contributed by atoms with Crippen molar-refractivity contribution < 1.29 is 0 Å². The van der Waals surface area contributed by atoms with E-state index in [0.29, 0.717) is 11.1 Å². The zero-order chi connectivity index (χ0) is 9.41. The fourth-order valence-electron chi connectivity index (χ4n) is 2.90. The summed E-state index contributed by atoms with van der Waals surface area (Å²) >= 11 is 0. The van der Waals surface area contributed by atoms with Crippen LogP contribution in [0.15, 0.2) is 0 Å². The molecule has 0 aromatic carbocycles. The minimum Gasteiger partial charge on any atom is -0.161 e. The molecule has 0 bridgehead atoms. The van der Waals surface area contributed by atoms with Gasteiger partial charge in [0.15, 0.2) is 0 Å². The molecule has 1 rings (SSSR count). The molecule has 1 nitrogen and oxygen atoms in total. The Hall–Kier alpha value is -0.0400. The van der Waals surface area contributed by atoms with Gasteiger partial charge in [0.25, 0.3) is 0 Å². The van der Waals surface area contributed by atoms with Crippen LogP contribution in [0.25, 0.3) is 0 Å². The Kier molecular flexibility index (Phi) is 2.53. The van der Waals surface area contributed by atoms with E-state index in [1.54, 1.807) is 0 Å². The molecule has 1 heteroatoms. The van der Waals surface area contributed by atoms with Gasteiger partial charge in [-0.2, -0.15) is 4.90 Å². The van der Waals surface area contributed by atoms with E-state index < -0.39 is 0 Å². The average Bonchev–Trinajstić information content (AvgIpc) is 1.83. The van der Waals surface area contributed by atoms with E-state index in [2.05, 4.69) is 39.5 Å². The maximum atomic E-state index is 2.64. The fraction of sp³-hybridized carbons (Fsp3) is 1.00. The van der Waals surface area contributed by atoms with E-state index >= 15 is 0 Å². The lowest BCUT2D eigenvalue weighted by atomic mass is 9.80. The van der Waals surface area contributed by atoms with Crippen molar-refractivity contribution in [1.82, 2.24) is 4.90 Å². The van der Waals surface area contributed by atoms with Crippen LogP contribution in [0.4, 0.5) is 0 Å². The third-order valence-corrected chi connectivity index (χ3v) is 3.35. The second-order valence-corrected chi connectivity index (χ2v) is 5.22. The van der Waals surface area contributed by atoms with E-state index in [9.17, 15) is 0 Å². The molecule has 0 saturated carbocycles. The highest BCUT2D eigenvalue weighted by molar-refractivity contribution is 5.00. The van der Waals surface area contributed by atoms with Crippen molar-refractivity contribution in [3.05, 3.63) is 0 Å². The second-order valence-electron chi connectivity index (χ2n) is 5.22. The molecule has 1 heterocycles. The zero-order valence-corrected chi connectivity index (χ0v) is 9.28. The Labute approximate surface area is 77.1 Å². The van der Waals surface area contributed by atoms with Crippen LogP contribution >= 0.6 is 0 Å². The van der Waals surface area contributed by atoms with Crippen LogP contribution in [0, 0.1) is 0 Å². The quantitative estimate of drug-likeness (QED) is 0.532. The highest BCUT2D eigenvalue weighted by Crippen LogP contribution is 2.35. The van der Waals surface area contributed by atoms with Gasteiger partial charge >= 0.3 is 0 Å². The summed E-state index contributed by atoms with van der Waals surface area (Å²) in [6, 6.07) is 0. The summed E-state index contributed by atoms with van der Waals surface area (Å²) in [5, 5.41) is 0. The summed E-state index contributed by atoms with van der Waals surface area (Å²) in [6.07, 6.45) is 4.09. The molecule has 0 aromatic rings. The lowest BCUT2D eigenvalue weighted by Gasteiger charge is -2.43. The van der Waals surface area contributed by atoms with Crippen molar-refractivity contribution >= 4 is 0 Å². The topological polar surface area (TPSA) is 5.90 Å². The summed E-state index contributed by atoms with van der Waals surface area (Å²) in [6.45, 7) is 12.9. The maximum Gasteiger partial charge on any atom is 0.137 e. The van der Waals surface area contributed by atoms with E-state index in [-0.39, 0.29) is 0 Å². The first-order valence-corrected chi connectivity index (χ1v) is 5.18. The largest absolute Gasteiger partial charge is 0.161 e. The number of hydrogen-bond donors (Lipinski definition) is 0. The lowest BCUT2D eigenvalue weighted by Crippen LogP contribution is -2.62. The zero-order valence-electron chi connectivity index (χ0n) is 9.28. The van der Waals surface area contributed by atoms with Crippen molar-refractivity contribution in [1.29, 1.82) is 0 Å². The second kappa shape index (κ2) is 3.02. The molecule has 1 fully saturated rings. The first-order chi connectivity index (χ1) is 5.40. The highest BCUT2D eigenvalue weighted by atomic mass is 15.2. The predicted octanol–water partition coefficient (Wildman–Crippen LogP) is 2.89. The first-order valence-electron chi connectivity index (χ1n) is 5.18. The molecule has 0 N–H and O–H groups in total. The summed E-state index contributed by atoms with van der Waals surface area (Å²) in [5.41, 5.74) is 0.826. The molecule has 12 heavy (non-hydrogen) atoms. The van der Waals surface area contributed by atoms with Crippen molar-refractivity contribution in [3.63, 3.8) is 0 Å². The van der Waals surface area contributed by atoms with Crippen LogP contribution in [0.5, 0.6) is 0 Å². The number of hydrogen-bond acceptors (Lipinski definition) is 1. The third kappa shape index (κ3) is 1.66. The Bertz CT molecular complexity index is 142. The number of piperidine rings is 1. The maximum absolute atomic E-state index is 2.64. The molecule has 0 atom stereocenters. The standard InChI is InChI=1S/C11H23N/c1-6-12-10(2,3)8-7-9-11(12,4)5/h6-9H2,1-5H3/q+1. The van der Waals surface area contributed by atoms with Gasteiger partial charge in [0, 0.05) is 12.8 Å². The molecule has 0 aliphatic carbocycles. The van der Waals surface area contributed by atoms with E-state index in [1.807, 2.05) is 0 Å². The Morgan fingerprint density at radius 1 is 1.00 bits per heavy atom. The van der Waals surface area contributed by atoms with Crippen LogP contribution in [0.1, 0.15) is 53.9 Å². The number of nitrogens with zero attached hydrogens (tertiary/aromatic N) is 1. The summed E-state index contributed by atoms with van der Waals surface area (Å²) in [4.78, 5) is 2.64. The smallest absolute Gasteiger partial charge is 0.137 e. The van der Waals surface area contributed by atoms with E-state index in [4.69, 9.17) is 0 Å². The molecule has 0 unspecified atom stereocenters. The van der Waals surface area contributed by atoms with Gasteiger partial charge in [-0.1, -0.05) is 0 Å². The summed E-state index contributed by atoms with van der Waals surface area (Å²) in [7, 11) is 0. The molecule has 1 aliphatic heterocycles. The third-order valence-electron chi connectivity index (χ3n) is 3.35.